The number of carbonyl (C=O) groups excluding carboxylic acids is 3. The number of aromatic nitrogens is 5. The van der Waals surface area contributed by atoms with E-state index in [1.807, 2.05) is 58.3 Å². The molecule has 3 aliphatic heterocycles. The largest absolute Gasteiger partial charge is 0.507 e. The van der Waals surface area contributed by atoms with Gasteiger partial charge in [0, 0.05) is 87.4 Å². The normalized spacial score (nSPS) is 24.1. The molecule has 0 unspecified atom stereocenters. The lowest BCUT2D eigenvalue weighted by Gasteiger charge is -2.55. The van der Waals surface area contributed by atoms with Crippen LogP contribution in [0, 0.1) is 29.1 Å². The standard InChI is InChI=1S/C55H72N12O6/c1-7-35-25-47(73-6)43(57-30-35)33-58-51(71)45-26-40(68)34-67(45)52(72)48(54(3,4)5)61-50(70)37-13-17-55(18-14-37)28-39(29-55)64-19-15-36(16-20-64)38-31-59-53(60-32-38)66-23-21-65(22-24-66)44-27-42(62-63-49(44)56-8-2)41-11-9-10-12-46(41)69/h1,9-12,25,27,30-32,36-37,39-40,45,48,68-69H,8,13-24,26,28-29,33-34H2,2-6H3,(H,56,63)(H,58,71)(H,61,70)/t37?,39?,40-,45+,48-,55?/m1/s1. The zero-order valence-corrected chi connectivity index (χ0v) is 43.0. The number of carbonyl (C=O) groups is 3. The van der Waals surface area contributed by atoms with Gasteiger partial charge in [-0.3, -0.25) is 19.4 Å². The number of piperidine rings is 1. The van der Waals surface area contributed by atoms with Crippen LogP contribution in [0.5, 0.6) is 11.5 Å². The van der Waals surface area contributed by atoms with Crippen molar-refractivity contribution in [1.82, 2.24) is 45.6 Å². The number of piperazine rings is 1. The number of nitrogens with one attached hydrogen (secondary N) is 3. The number of para-hydroxylation sites is 1. The summed E-state index contributed by atoms with van der Waals surface area (Å²) < 4.78 is 5.42. The van der Waals surface area contributed by atoms with Crippen LogP contribution in [-0.2, 0) is 20.9 Å². The number of methoxy groups -OCH3 is 1. The van der Waals surface area contributed by atoms with Crippen molar-refractivity contribution in [3.63, 3.8) is 0 Å². The Morgan fingerprint density at radius 3 is 2.27 bits per heavy atom. The summed E-state index contributed by atoms with van der Waals surface area (Å²) in [6.07, 6.45) is 18.3. The van der Waals surface area contributed by atoms with Crippen LogP contribution in [0.3, 0.4) is 0 Å². The number of terminal acetylenes is 1. The van der Waals surface area contributed by atoms with Crippen molar-refractivity contribution in [3.8, 4) is 35.1 Å². The maximum Gasteiger partial charge on any atom is 0.246 e. The second-order valence-electron chi connectivity index (χ2n) is 21.9. The molecule has 0 radical (unpaired) electrons. The van der Waals surface area contributed by atoms with Gasteiger partial charge in [-0.1, -0.05) is 38.8 Å². The minimum atomic E-state index is -0.906. The molecule has 18 heteroatoms. The lowest BCUT2D eigenvalue weighted by molar-refractivity contribution is -0.145. The fourth-order valence-corrected chi connectivity index (χ4v) is 11.8. The molecule has 6 heterocycles. The number of likely N-dealkylation sites (tertiary alicyclic amines) is 2. The van der Waals surface area contributed by atoms with Gasteiger partial charge in [-0.25, -0.2) is 9.97 Å². The number of aliphatic hydroxyl groups is 1. The highest BCUT2D eigenvalue weighted by atomic mass is 16.5. The van der Waals surface area contributed by atoms with E-state index >= 15 is 0 Å². The Hall–Kier alpha value is -6.58. The van der Waals surface area contributed by atoms with Crippen LogP contribution in [0.25, 0.3) is 11.3 Å². The van der Waals surface area contributed by atoms with E-state index in [4.69, 9.17) is 21.1 Å². The molecular formula is C55H72N12O6. The first-order chi connectivity index (χ1) is 35.1. The monoisotopic (exact) mass is 997 g/mol. The molecule has 2 aliphatic carbocycles. The van der Waals surface area contributed by atoms with Gasteiger partial charge >= 0.3 is 0 Å². The predicted molar refractivity (Wildman–Crippen MR) is 279 cm³/mol. The van der Waals surface area contributed by atoms with E-state index in [1.165, 1.54) is 23.8 Å². The molecule has 3 saturated heterocycles. The van der Waals surface area contributed by atoms with Crippen molar-refractivity contribution < 1.29 is 29.3 Å². The average Bonchev–Trinajstić information content (AvgIpc) is 3.80. The molecule has 4 aromatic rings. The van der Waals surface area contributed by atoms with E-state index in [0.717, 1.165) is 115 Å². The summed E-state index contributed by atoms with van der Waals surface area (Å²) in [5.74, 6) is 3.95. The summed E-state index contributed by atoms with van der Waals surface area (Å²) in [5.41, 5.74) is 4.11. The number of pyridine rings is 1. The van der Waals surface area contributed by atoms with Crippen LogP contribution < -0.4 is 30.5 Å². The van der Waals surface area contributed by atoms with Gasteiger partial charge in [0.05, 0.1) is 31.1 Å². The van der Waals surface area contributed by atoms with Crippen molar-refractivity contribution in [2.24, 2.45) is 16.7 Å². The van der Waals surface area contributed by atoms with Crippen LogP contribution in [0.15, 0.2) is 55.0 Å². The number of rotatable bonds is 14. The molecule has 5 N–H and O–H groups in total. The van der Waals surface area contributed by atoms with E-state index < -0.39 is 29.5 Å². The maximum absolute atomic E-state index is 14.3. The van der Waals surface area contributed by atoms with Gasteiger partial charge < -0.3 is 50.5 Å². The number of phenols is 1. The summed E-state index contributed by atoms with van der Waals surface area (Å²) in [6, 6.07) is 9.66. The van der Waals surface area contributed by atoms with Gasteiger partial charge in [0.15, 0.2) is 5.82 Å². The van der Waals surface area contributed by atoms with E-state index in [1.54, 1.807) is 18.2 Å². The minimum absolute atomic E-state index is 0.000907. The smallest absolute Gasteiger partial charge is 0.246 e. The van der Waals surface area contributed by atoms with Crippen molar-refractivity contribution >= 4 is 35.2 Å². The molecule has 3 amide bonds. The third-order valence-corrected chi connectivity index (χ3v) is 16.1. The number of aliphatic hydroxyl groups excluding tert-OH is 1. The van der Waals surface area contributed by atoms with Gasteiger partial charge in [-0.2, -0.15) is 0 Å². The molecule has 3 atom stereocenters. The minimum Gasteiger partial charge on any atom is -0.507 e. The highest BCUT2D eigenvalue weighted by Gasteiger charge is 2.50. The molecule has 1 spiro atoms. The molecule has 5 fully saturated rings. The van der Waals surface area contributed by atoms with Crippen molar-refractivity contribution in [2.45, 2.75) is 122 Å². The zero-order valence-electron chi connectivity index (χ0n) is 43.0. The number of benzene rings is 1. The number of amides is 3. The van der Waals surface area contributed by atoms with E-state index in [-0.39, 0.29) is 48.4 Å². The third-order valence-electron chi connectivity index (χ3n) is 16.1. The molecule has 9 rings (SSSR count). The number of β-amino-alcohol motifs (C(OH)–C–C–N with tert-alkyl or cyclic N) is 1. The topological polar surface area (TPSA) is 214 Å². The Kier molecular flexibility index (Phi) is 15.4. The Bertz CT molecular complexity index is 2640. The highest BCUT2D eigenvalue weighted by molar-refractivity contribution is 5.93. The SMILES string of the molecule is C#Cc1cnc(CNC(=O)[C@@H]2C[C@@H](O)CN2C(=O)[C@@H](NC(=O)C2CCC3(CC2)CC(N2CCC(c4cnc(N5CCN(c6cc(-c7ccccc7O)nnc6NCC)CC5)nc4)CC2)C3)C(C)(C)C)c(OC)c1. The summed E-state index contributed by atoms with van der Waals surface area (Å²) in [4.78, 5) is 64.6. The molecule has 0 bridgehead atoms. The lowest BCUT2D eigenvalue weighted by atomic mass is 9.56. The second-order valence-corrected chi connectivity index (χ2v) is 21.9. The molecule has 5 aliphatic rings. The number of anilines is 3. The zero-order chi connectivity index (χ0) is 51.4. The molecule has 18 nitrogen and oxygen atoms in total. The van der Waals surface area contributed by atoms with E-state index in [2.05, 4.69) is 51.8 Å². The summed E-state index contributed by atoms with van der Waals surface area (Å²) in [7, 11) is 1.50. The number of hydrogen-bond acceptors (Lipinski definition) is 15. The summed E-state index contributed by atoms with van der Waals surface area (Å²) >= 11 is 0. The highest BCUT2D eigenvalue weighted by Crippen LogP contribution is 2.55. The molecule has 388 valence electrons. The predicted octanol–water partition coefficient (Wildman–Crippen LogP) is 5.11. The van der Waals surface area contributed by atoms with Crippen LogP contribution in [0.2, 0.25) is 0 Å². The van der Waals surface area contributed by atoms with Crippen molar-refractivity contribution in [2.75, 3.05) is 74.6 Å². The molecule has 1 aromatic carbocycles. The number of aromatic hydroxyl groups is 1. The Balaban J connectivity index is 0.716. The van der Waals surface area contributed by atoms with Gasteiger partial charge in [-0.05, 0) is 118 Å². The molecular weight excluding hydrogens is 925 g/mol. The second kappa shape index (κ2) is 21.9. The summed E-state index contributed by atoms with van der Waals surface area (Å²) in [5, 5.41) is 39.4. The first-order valence-corrected chi connectivity index (χ1v) is 26.2. The molecule has 2 saturated carbocycles. The number of hydrogen-bond donors (Lipinski definition) is 5. The van der Waals surface area contributed by atoms with Crippen molar-refractivity contribution in [1.29, 1.82) is 0 Å². The fraction of sp³-hybridized carbons (Fsp3) is 0.564. The Labute approximate surface area is 429 Å². The third kappa shape index (κ3) is 11.3. The first kappa shape index (κ1) is 51.3. The first-order valence-electron chi connectivity index (χ1n) is 26.2. The average molecular weight is 997 g/mol. The molecule has 3 aromatic heterocycles. The summed E-state index contributed by atoms with van der Waals surface area (Å²) in [6.45, 7) is 13.7. The Morgan fingerprint density at radius 1 is 0.918 bits per heavy atom. The fourth-order valence-electron chi connectivity index (χ4n) is 11.8. The van der Waals surface area contributed by atoms with Gasteiger partial charge in [0.2, 0.25) is 23.7 Å². The van der Waals surface area contributed by atoms with E-state index in [9.17, 15) is 24.6 Å². The van der Waals surface area contributed by atoms with E-state index in [0.29, 0.717) is 40.2 Å². The van der Waals surface area contributed by atoms with Crippen LogP contribution in [-0.4, -0.2) is 147 Å². The van der Waals surface area contributed by atoms with Crippen molar-refractivity contribution in [3.05, 3.63) is 71.8 Å². The maximum atomic E-state index is 14.3. The quantitative estimate of drug-likeness (QED) is 0.104. The molecule has 73 heavy (non-hydrogen) atoms. The van der Waals surface area contributed by atoms with Crippen LogP contribution >= 0.6 is 0 Å². The van der Waals surface area contributed by atoms with Gasteiger partial charge in [0.1, 0.15) is 29.3 Å². The Morgan fingerprint density at radius 2 is 1.62 bits per heavy atom. The number of nitrogens with zero attached hydrogens (tertiary/aromatic N) is 9. The number of ether oxygens (including phenoxy) is 1. The lowest BCUT2D eigenvalue weighted by Crippen LogP contribution is -2.59. The number of phenolic OH excluding ortho intramolecular Hbond substituents is 1. The van der Waals surface area contributed by atoms with Gasteiger partial charge in [0.25, 0.3) is 0 Å². The van der Waals surface area contributed by atoms with Crippen LogP contribution in [0.4, 0.5) is 17.5 Å². The van der Waals surface area contributed by atoms with Gasteiger partial charge in [-0.15, -0.1) is 16.6 Å². The van der Waals surface area contributed by atoms with Crippen LogP contribution in [0.1, 0.15) is 108 Å².